The fourth-order valence-electron chi connectivity index (χ4n) is 7.57. The van der Waals surface area contributed by atoms with E-state index in [9.17, 15) is 5.26 Å². The number of rotatable bonds is 5. The van der Waals surface area contributed by atoms with Crippen molar-refractivity contribution < 1.29 is 0 Å². The van der Waals surface area contributed by atoms with E-state index in [0.29, 0.717) is 11.5 Å². The Labute approximate surface area is 319 Å². The topological polar surface area (TPSA) is 51.9 Å². The number of benzene rings is 3. The van der Waals surface area contributed by atoms with Gasteiger partial charge >= 0.3 is 0 Å². The van der Waals surface area contributed by atoms with E-state index < -0.39 is 0 Å². The SMILES string of the molecule is CC(C)(C)c1ccc(C2=CC(c3ccc(C(C)(C)C)cc3)=N/C2=C(/C#N)c2[nH]c(-c3ccc(C(C)(C)C)cc3)cc2C2C=CC(C(C)(C)C)CC2)cc1. The second-order valence-corrected chi connectivity index (χ2v) is 19.4. The van der Waals surface area contributed by atoms with E-state index in [4.69, 9.17) is 4.99 Å². The van der Waals surface area contributed by atoms with Gasteiger partial charge in [-0.3, -0.25) is 0 Å². The number of aliphatic imine (C=N–C) groups is 1. The van der Waals surface area contributed by atoms with Crippen LogP contribution in [0.4, 0.5) is 0 Å². The largest absolute Gasteiger partial charge is 0.354 e. The minimum absolute atomic E-state index is 0.0374. The van der Waals surface area contributed by atoms with Crippen molar-refractivity contribution in [3.63, 3.8) is 0 Å². The second-order valence-electron chi connectivity index (χ2n) is 19.4. The third kappa shape index (κ3) is 8.13. The van der Waals surface area contributed by atoms with Gasteiger partial charge < -0.3 is 4.98 Å². The average molecular weight is 702 g/mol. The second kappa shape index (κ2) is 13.9. The summed E-state index contributed by atoms with van der Waals surface area (Å²) in [6.07, 6.45) is 9.12. The molecule has 4 aromatic rings. The van der Waals surface area contributed by atoms with Crippen molar-refractivity contribution in [2.45, 2.75) is 118 Å². The molecular formula is C50H59N3. The number of allylic oxidation sites excluding steroid dienone is 5. The van der Waals surface area contributed by atoms with Crippen LogP contribution in [0.1, 0.15) is 141 Å². The van der Waals surface area contributed by atoms with E-state index in [-0.39, 0.29) is 27.6 Å². The molecule has 1 aromatic heterocycles. The third-order valence-electron chi connectivity index (χ3n) is 11.3. The maximum Gasteiger partial charge on any atom is 0.104 e. The molecule has 2 atom stereocenters. The predicted octanol–water partition coefficient (Wildman–Crippen LogP) is 13.5. The Bertz CT molecular complexity index is 2130. The quantitative estimate of drug-likeness (QED) is 0.163. The molecule has 0 spiro atoms. The molecule has 2 unspecified atom stereocenters. The lowest BCUT2D eigenvalue weighted by Gasteiger charge is -2.32. The van der Waals surface area contributed by atoms with Crippen LogP contribution in [0, 0.1) is 22.7 Å². The molecule has 2 aliphatic rings. The van der Waals surface area contributed by atoms with Gasteiger partial charge in [-0.05, 0) is 85.9 Å². The fraction of sp³-hybridized carbons (Fsp3) is 0.400. The minimum Gasteiger partial charge on any atom is -0.354 e. The highest BCUT2D eigenvalue weighted by Crippen LogP contribution is 2.44. The molecule has 1 N–H and O–H groups in total. The van der Waals surface area contributed by atoms with Gasteiger partial charge in [0, 0.05) is 22.7 Å². The van der Waals surface area contributed by atoms with Gasteiger partial charge in [-0.15, -0.1) is 0 Å². The van der Waals surface area contributed by atoms with Crippen LogP contribution >= 0.6 is 0 Å². The molecule has 0 fully saturated rings. The van der Waals surface area contributed by atoms with Crippen LogP contribution < -0.4 is 0 Å². The number of aromatic nitrogens is 1. The molecule has 1 aliphatic heterocycles. The number of H-pyrrole nitrogens is 1. The molecule has 0 saturated carbocycles. The fourth-order valence-corrected chi connectivity index (χ4v) is 7.57. The van der Waals surface area contributed by atoms with Gasteiger partial charge in [-0.2, -0.15) is 5.26 Å². The molecule has 53 heavy (non-hydrogen) atoms. The van der Waals surface area contributed by atoms with Crippen LogP contribution in [0.25, 0.3) is 22.4 Å². The zero-order valence-electron chi connectivity index (χ0n) is 34.2. The van der Waals surface area contributed by atoms with Gasteiger partial charge in [0.1, 0.15) is 11.6 Å². The van der Waals surface area contributed by atoms with Crippen molar-refractivity contribution in [3.05, 3.63) is 142 Å². The van der Waals surface area contributed by atoms with E-state index in [1.54, 1.807) is 0 Å². The summed E-state index contributed by atoms with van der Waals surface area (Å²) in [5.74, 6) is 0.719. The van der Waals surface area contributed by atoms with Crippen LogP contribution in [-0.4, -0.2) is 10.7 Å². The lowest BCUT2D eigenvalue weighted by atomic mass is 9.72. The van der Waals surface area contributed by atoms with Crippen molar-refractivity contribution in [1.29, 1.82) is 5.26 Å². The van der Waals surface area contributed by atoms with Gasteiger partial charge in [0.05, 0.1) is 17.1 Å². The molecular weight excluding hydrogens is 643 g/mol. The van der Waals surface area contributed by atoms with Crippen molar-refractivity contribution >= 4 is 16.9 Å². The van der Waals surface area contributed by atoms with Gasteiger partial charge in [0.2, 0.25) is 0 Å². The number of hydrogen-bond acceptors (Lipinski definition) is 2. The van der Waals surface area contributed by atoms with Crippen molar-refractivity contribution in [2.75, 3.05) is 0 Å². The molecule has 0 bridgehead atoms. The lowest BCUT2D eigenvalue weighted by molar-refractivity contribution is 0.262. The van der Waals surface area contributed by atoms with Crippen LogP contribution in [0.2, 0.25) is 0 Å². The van der Waals surface area contributed by atoms with Crippen LogP contribution in [-0.2, 0) is 16.2 Å². The van der Waals surface area contributed by atoms with Crippen LogP contribution in [0.15, 0.2) is 108 Å². The summed E-state index contributed by atoms with van der Waals surface area (Å²) >= 11 is 0. The molecule has 3 heteroatoms. The Kier molecular flexibility index (Phi) is 10.0. The summed E-state index contributed by atoms with van der Waals surface area (Å²) in [5.41, 5.74) is 13.6. The summed E-state index contributed by atoms with van der Waals surface area (Å²) in [4.78, 5) is 9.11. The van der Waals surface area contributed by atoms with Crippen molar-refractivity contribution in [1.82, 2.24) is 4.98 Å². The van der Waals surface area contributed by atoms with Gasteiger partial charge in [-0.1, -0.05) is 168 Å². The molecule has 1 aliphatic carbocycles. The summed E-state index contributed by atoms with van der Waals surface area (Å²) in [6.45, 7) is 27.2. The standard InChI is InChI=1S/C50H59N3/c1-47(2,3)36-21-13-32(14-22-36)40-29-43(34-17-25-38(26-18-34)49(7,8)9)52-45(40)42(31-51)46-41(33-15-23-37(24-16-33)48(4,5)6)30-44(53-46)35-19-27-39(28-20-35)50(10,11)12/h13-15,17-23,25-30,33,37,53H,16,24H2,1-12H3/b45-42-. The molecule has 274 valence electrons. The molecule has 0 amide bonds. The Morgan fingerprint density at radius 3 is 1.57 bits per heavy atom. The maximum absolute atomic E-state index is 11.2. The third-order valence-corrected chi connectivity index (χ3v) is 11.3. The maximum atomic E-state index is 11.2. The van der Waals surface area contributed by atoms with Gasteiger partial charge in [0.15, 0.2) is 0 Å². The number of nitrogens with one attached hydrogen (secondary N) is 1. The highest BCUT2D eigenvalue weighted by atomic mass is 14.8. The normalized spacial score (nSPS) is 19.2. The van der Waals surface area contributed by atoms with Crippen molar-refractivity contribution in [3.8, 4) is 17.3 Å². The number of nitrogens with zero attached hydrogens (tertiary/aromatic N) is 2. The predicted molar refractivity (Wildman–Crippen MR) is 226 cm³/mol. The van der Waals surface area contributed by atoms with Crippen molar-refractivity contribution in [2.24, 2.45) is 16.3 Å². The molecule has 3 aromatic carbocycles. The Hall–Kier alpha value is -4.68. The zero-order chi connectivity index (χ0) is 38.5. The number of nitriles is 1. The Morgan fingerprint density at radius 2 is 1.13 bits per heavy atom. The van der Waals surface area contributed by atoms with Gasteiger partial charge in [0.25, 0.3) is 0 Å². The van der Waals surface area contributed by atoms with E-state index >= 15 is 0 Å². The lowest BCUT2D eigenvalue weighted by Crippen LogP contribution is -2.21. The van der Waals surface area contributed by atoms with E-state index in [1.807, 2.05) is 0 Å². The monoisotopic (exact) mass is 701 g/mol. The average Bonchev–Trinajstić information content (AvgIpc) is 3.74. The zero-order valence-corrected chi connectivity index (χ0v) is 34.2. The summed E-state index contributed by atoms with van der Waals surface area (Å²) in [5, 5.41) is 11.2. The van der Waals surface area contributed by atoms with E-state index in [2.05, 4.69) is 191 Å². The molecule has 2 heterocycles. The number of aromatic amines is 1. The summed E-state index contributed by atoms with van der Waals surface area (Å²) in [6, 6.07) is 31.4. The van der Waals surface area contributed by atoms with E-state index in [0.717, 1.165) is 63.5 Å². The molecule has 6 rings (SSSR count). The Morgan fingerprint density at radius 1 is 0.642 bits per heavy atom. The van der Waals surface area contributed by atoms with E-state index in [1.165, 1.54) is 16.7 Å². The molecule has 0 radical (unpaired) electrons. The smallest absolute Gasteiger partial charge is 0.104 e. The summed E-state index contributed by atoms with van der Waals surface area (Å²) < 4.78 is 0. The molecule has 3 nitrogen and oxygen atoms in total. The van der Waals surface area contributed by atoms with Gasteiger partial charge in [-0.25, -0.2) is 4.99 Å². The first kappa shape index (κ1) is 38.1. The highest BCUT2D eigenvalue weighted by Gasteiger charge is 2.31. The minimum atomic E-state index is 0.0374. The Balaban J connectivity index is 1.54. The summed E-state index contributed by atoms with van der Waals surface area (Å²) in [7, 11) is 0. The first-order valence-corrected chi connectivity index (χ1v) is 19.4. The van der Waals surface area contributed by atoms with Crippen LogP contribution in [0.3, 0.4) is 0 Å². The molecule has 0 saturated heterocycles. The first-order valence-electron chi connectivity index (χ1n) is 19.4. The highest BCUT2D eigenvalue weighted by molar-refractivity contribution is 6.19. The number of hydrogen-bond donors (Lipinski definition) is 1. The first-order chi connectivity index (χ1) is 24.7. The van der Waals surface area contributed by atoms with Crippen LogP contribution in [0.5, 0.6) is 0 Å².